The molecule has 4 rings (SSSR count). The van der Waals surface area contributed by atoms with Crippen molar-refractivity contribution < 1.29 is 19.1 Å². The van der Waals surface area contributed by atoms with Gasteiger partial charge in [-0.1, -0.05) is 45.7 Å². The summed E-state index contributed by atoms with van der Waals surface area (Å²) in [5.74, 6) is -1.21. The van der Waals surface area contributed by atoms with Crippen LogP contribution in [-0.4, -0.2) is 17.8 Å². The highest BCUT2D eigenvalue weighted by atomic mass is 79.9. The molecule has 1 aliphatic heterocycles. The topological polar surface area (TPSA) is 99.5 Å². The number of carbonyl (C=O) groups is 3. The fourth-order valence-corrected chi connectivity index (χ4v) is 3.82. The second kappa shape index (κ2) is 9.91. The van der Waals surface area contributed by atoms with Crippen molar-refractivity contribution in [2.24, 2.45) is 0 Å². The van der Waals surface area contributed by atoms with Crippen LogP contribution in [0.5, 0.6) is 5.75 Å². The minimum absolute atomic E-state index is 0.108. The Morgan fingerprint density at radius 1 is 1.06 bits per heavy atom. The van der Waals surface area contributed by atoms with Crippen molar-refractivity contribution in [2.45, 2.75) is 6.61 Å². The van der Waals surface area contributed by atoms with Crippen LogP contribution in [-0.2, 0) is 16.2 Å². The van der Waals surface area contributed by atoms with Gasteiger partial charge in [-0.2, -0.15) is 5.26 Å². The summed E-state index contributed by atoms with van der Waals surface area (Å²) in [5, 5.41) is 11.9. The molecule has 7 nitrogen and oxygen atoms in total. The Morgan fingerprint density at radius 2 is 1.79 bits per heavy atom. The predicted octanol–water partition coefficient (Wildman–Crippen LogP) is 5.22. The van der Waals surface area contributed by atoms with E-state index in [2.05, 4.69) is 27.3 Å². The van der Waals surface area contributed by atoms with E-state index in [1.165, 1.54) is 30.3 Å². The van der Waals surface area contributed by atoms with Crippen molar-refractivity contribution >= 4 is 57.1 Å². The number of nitrogens with zero attached hydrogens (tertiary/aromatic N) is 2. The third-order valence-electron chi connectivity index (χ3n) is 4.98. The van der Waals surface area contributed by atoms with Gasteiger partial charge in [-0.3, -0.25) is 14.9 Å². The number of halogens is 2. The van der Waals surface area contributed by atoms with Gasteiger partial charge in [0.1, 0.15) is 17.9 Å². The highest BCUT2D eigenvalue weighted by Crippen LogP contribution is 2.29. The fraction of sp³-hybridized carbons (Fsp3) is 0.0400. The molecule has 1 saturated heterocycles. The lowest BCUT2D eigenvalue weighted by Gasteiger charge is -2.26. The molecule has 0 spiro atoms. The van der Waals surface area contributed by atoms with Gasteiger partial charge in [-0.25, -0.2) is 9.69 Å². The van der Waals surface area contributed by atoms with E-state index in [-0.39, 0.29) is 17.9 Å². The number of amides is 4. The fourth-order valence-electron chi connectivity index (χ4n) is 3.31. The molecule has 0 aromatic heterocycles. The highest BCUT2D eigenvalue weighted by Gasteiger charge is 2.37. The first kappa shape index (κ1) is 23.2. The first-order valence-corrected chi connectivity index (χ1v) is 11.1. The summed E-state index contributed by atoms with van der Waals surface area (Å²) in [6.07, 6.45) is 1.36. The number of carbonyl (C=O) groups excluding carboxylic acids is 3. The van der Waals surface area contributed by atoms with Crippen molar-refractivity contribution in [3.05, 3.63) is 98.5 Å². The molecule has 4 amide bonds. The largest absolute Gasteiger partial charge is 0.488 e. The number of rotatable bonds is 5. The summed E-state index contributed by atoms with van der Waals surface area (Å²) >= 11 is 9.29. The second-order valence-corrected chi connectivity index (χ2v) is 8.53. The second-order valence-electron chi connectivity index (χ2n) is 7.17. The van der Waals surface area contributed by atoms with Crippen LogP contribution in [0.25, 0.3) is 6.08 Å². The average Bonchev–Trinajstić information content (AvgIpc) is 2.82. The molecule has 0 atom stereocenters. The van der Waals surface area contributed by atoms with Crippen molar-refractivity contribution in [1.82, 2.24) is 5.32 Å². The third kappa shape index (κ3) is 4.86. The Kier molecular flexibility index (Phi) is 6.77. The number of nitriles is 1. The Bertz CT molecular complexity index is 1380. The Hall–Kier alpha value is -3.93. The molecule has 1 aliphatic rings. The van der Waals surface area contributed by atoms with Crippen molar-refractivity contribution in [2.75, 3.05) is 4.90 Å². The lowest BCUT2D eigenvalue weighted by molar-refractivity contribution is -0.122. The lowest BCUT2D eigenvalue weighted by Crippen LogP contribution is -2.54. The highest BCUT2D eigenvalue weighted by molar-refractivity contribution is 9.10. The van der Waals surface area contributed by atoms with Crippen LogP contribution in [0.3, 0.4) is 0 Å². The van der Waals surface area contributed by atoms with Gasteiger partial charge in [0.05, 0.1) is 17.3 Å². The molecule has 0 radical (unpaired) electrons. The normalized spacial score (nSPS) is 14.7. The first-order chi connectivity index (χ1) is 16.4. The molecule has 1 heterocycles. The molecule has 0 saturated carbocycles. The van der Waals surface area contributed by atoms with Gasteiger partial charge < -0.3 is 4.74 Å². The molecule has 0 unspecified atom stereocenters. The summed E-state index contributed by atoms with van der Waals surface area (Å²) in [5.41, 5.74) is 1.64. The van der Waals surface area contributed by atoms with Crippen LogP contribution in [0.15, 0.2) is 76.8 Å². The number of barbiturate groups is 1. The molecule has 168 valence electrons. The minimum atomic E-state index is -0.853. The predicted molar refractivity (Wildman–Crippen MR) is 130 cm³/mol. The zero-order valence-electron chi connectivity index (χ0n) is 17.4. The first-order valence-electron chi connectivity index (χ1n) is 9.95. The van der Waals surface area contributed by atoms with E-state index in [0.717, 1.165) is 4.90 Å². The van der Waals surface area contributed by atoms with Crippen LogP contribution in [0, 0.1) is 11.3 Å². The van der Waals surface area contributed by atoms with Crippen LogP contribution in [0.1, 0.15) is 16.7 Å². The van der Waals surface area contributed by atoms with Gasteiger partial charge in [-0.15, -0.1) is 0 Å². The van der Waals surface area contributed by atoms with E-state index < -0.39 is 17.8 Å². The Labute approximate surface area is 208 Å². The van der Waals surface area contributed by atoms with Gasteiger partial charge in [-0.05, 0) is 54.6 Å². The van der Waals surface area contributed by atoms with Gasteiger partial charge in [0.25, 0.3) is 11.8 Å². The number of benzene rings is 3. The SMILES string of the molecule is N#Cc1ccccc1COc1ccc(Br)cc1/C=C1\C(=O)NC(=O)N(c2ccc(Cl)cc2)C1=O. The molecule has 3 aromatic carbocycles. The molecule has 0 bridgehead atoms. The van der Waals surface area contributed by atoms with Crippen molar-refractivity contribution in [1.29, 1.82) is 5.26 Å². The molecule has 1 fully saturated rings. The smallest absolute Gasteiger partial charge is 0.335 e. The molecule has 0 aliphatic carbocycles. The zero-order valence-corrected chi connectivity index (χ0v) is 19.8. The number of anilines is 1. The summed E-state index contributed by atoms with van der Waals surface area (Å²) in [7, 11) is 0. The lowest BCUT2D eigenvalue weighted by atomic mass is 10.1. The maximum atomic E-state index is 13.1. The number of nitrogens with one attached hydrogen (secondary N) is 1. The van der Waals surface area contributed by atoms with Gasteiger partial charge in [0, 0.05) is 20.6 Å². The van der Waals surface area contributed by atoms with E-state index in [1.54, 1.807) is 42.5 Å². The van der Waals surface area contributed by atoms with E-state index in [1.807, 2.05) is 0 Å². The summed E-state index contributed by atoms with van der Waals surface area (Å²) in [6.45, 7) is 0.108. The van der Waals surface area contributed by atoms with E-state index in [4.69, 9.17) is 16.3 Å². The van der Waals surface area contributed by atoms with E-state index >= 15 is 0 Å². The van der Waals surface area contributed by atoms with Gasteiger partial charge in [0.2, 0.25) is 0 Å². The summed E-state index contributed by atoms with van der Waals surface area (Å²) in [6, 6.07) is 19.5. The third-order valence-corrected chi connectivity index (χ3v) is 5.72. The molecule has 3 aromatic rings. The number of hydrogen-bond acceptors (Lipinski definition) is 5. The Morgan fingerprint density at radius 3 is 2.53 bits per heavy atom. The average molecular weight is 537 g/mol. The molecule has 1 N–H and O–H groups in total. The molecular weight excluding hydrogens is 522 g/mol. The van der Waals surface area contributed by atoms with Gasteiger partial charge >= 0.3 is 6.03 Å². The number of imide groups is 2. The van der Waals surface area contributed by atoms with Gasteiger partial charge in [0.15, 0.2) is 0 Å². The van der Waals surface area contributed by atoms with Crippen molar-refractivity contribution in [3.63, 3.8) is 0 Å². The monoisotopic (exact) mass is 535 g/mol. The molecule has 34 heavy (non-hydrogen) atoms. The van der Waals surface area contributed by atoms with E-state index in [0.29, 0.717) is 31.9 Å². The zero-order chi connectivity index (χ0) is 24.2. The summed E-state index contributed by atoms with van der Waals surface area (Å²) < 4.78 is 6.62. The van der Waals surface area contributed by atoms with Crippen molar-refractivity contribution in [3.8, 4) is 11.8 Å². The molecule has 9 heteroatoms. The quantitative estimate of drug-likeness (QED) is 0.356. The van der Waals surface area contributed by atoms with Crippen LogP contribution in [0.2, 0.25) is 5.02 Å². The maximum Gasteiger partial charge on any atom is 0.335 e. The van der Waals surface area contributed by atoms with Crippen LogP contribution in [0.4, 0.5) is 10.5 Å². The number of ether oxygens (including phenoxy) is 1. The minimum Gasteiger partial charge on any atom is -0.488 e. The summed E-state index contributed by atoms with van der Waals surface area (Å²) in [4.78, 5) is 39.0. The number of hydrogen-bond donors (Lipinski definition) is 1. The van der Waals surface area contributed by atoms with Crippen LogP contribution < -0.4 is 15.0 Å². The van der Waals surface area contributed by atoms with E-state index in [9.17, 15) is 19.6 Å². The maximum absolute atomic E-state index is 13.1. The Balaban J connectivity index is 1.68. The van der Waals surface area contributed by atoms with Crippen LogP contribution >= 0.6 is 27.5 Å². The molecular formula is C25H15BrClN3O4. The number of urea groups is 1. The standard InChI is InChI=1S/C25H15BrClN3O4/c26-18-5-10-22(34-14-16-4-2-1-3-15(16)13-28)17(11-18)12-21-23(31)29-25(33)30(24(21)32)20-8-6-19(27)7-9-20/h1-12H,14H2,(H,29,31,33)/b21-12+.